The van der Waals surface area contributed by atoms with Gasteiger partial charge in [0.15, 0.2) is 0 Å². The number of hydrogen-bond donors (Lipinski definition) is 1. The molecule has 2 N–H and O–H groups in total. The van der Waals surface area contributed by atoms with Gasteiger partial charge in [-0.25, -0.2) is 0 Å². The molecule has 2 atom stereocenters. The summed E-state index contributed by atoms with van der Waals surface area (Å²) < 4.78 is 6.52. The molecule has 0 saturated heterocycles. The molecule has 24 heavy (non-hydrogen) atoms. The molecule has 0 radical (unpaired) electrons. The molecular formula is C22H23NO. The zero-order valence-corrected chi connectivity index (χ0v) is 14.3. The summed E-state index contributed by atoms with van der Waals surface area (Å²) in [5.41, 5.74) is 12.3. The third-order valence-corrected chi connectivity index (χ3v) is 5.83. The van der Waals surface area contributed by atoms with Crippen molar-refractivity contribution in [2.75, 3.05) is 0 Å². The SMILES string of the molecule is CC(C)Cc1cccc2c1oc1c([C@]34C=CC3C4)c(CN)ccc12. The normalized spacial score (nSPS) is 24.6. The van der Waals surface area contributed by atoms with Crippen LogP contribution in [0.3, 0.4) is 0 Å². The summed E-state index contributed by atoms with van der Waals surface area (Å²) in [4.78, 5) is 0. The highest BCUT2D eigenvalue weighted by molar-refractivity contribution is 6.07. The van der Waals surface area contributed by atoms with Crippen LogP contribution in [0.1, 0.15) is 37.0 Å². The topological polar surface area (TPSA) is 39.2 Å². The number of nitrogens with two attached hydrogens (primary N) is 1. The van der Waals surface area contributed by atoms with Crippen LogP contribution in [0, 0.1) is 11.8 Å². The molecule has 2 aliphatic rings. The van der Waals surface area contributed by atoms with Crippen molar-refractivity contribution >= 4 is 21.9 Å². The fraction of sp³-hybridized carbons (Fsp3) is 0.364. The quantitative estimate of drug-likeness (QED) is 0.682. The molecule has 2 nitrogen and oxygen atoms in total. The van der Waals surface area contributed by atoms with Crippen molar-refractivity contribution in [3.8, 4) is 0 Å². The maximum atomic E-state index is 6.52. The summed E-state index contributed by atoms with van der Waals surface area (Å²) in [5.74, 6) is 1.31. The molecule has 0 amide bonds. The lowest BCUT2D eigenvalue weighted by molar-refractivity contribution is 0.615. The molecule has 2 aliphatic carbocycles. The van der Waals surface area contributed by atoms with E-state index in [1.165, 1.54) is 33.9 Å². The van der Waals surface area contributed by atoms with Crippen molar-refractivity contribution < 1.29 is 4.42 Å². The smallest absolute Gasteiger partial charge is 0.139 e. The van der Waals surface area contributed by atoms with Crippen LogP contribution in [0.15, 0.2) is 46.9 Å². The molecule has 122 valence electrons. The summed E-state index contributed by atoms with van der Waals surface area (Å²) >= 11 is 0. The number of rotatable bonds is 4. The standard InChI is InChI=1S/C22H23NO/c1-13(2)10-14-4-3-5-17-18-7-6-15(12-23)19(21(18)24-20(14)17)22-9-8-16(22)11-22/h3-9,13,16H,10-12,23H2,1-2H3/t16?,22-/m0/s1. The average Bonchev–Trinajstić information content (AvgIpc) is 2.92. The second kappa shape index (κ2) is 4.73. The van der Waals surface area contributed by atoms with E-state index in [-0.39, 0.29) is 5.41 Å². The lowest BCUT2D eigenvalue weighted by Gasteiger charge is -2.21. The maximum Gasteiger partial charge on any atom is 0.139 e. The van der Waals surface area contributed by atoms with E-state index in [9.17, 15) is 0 Å². The van der Waals surface area contributed by atoms with Crippen molar-refractivity contribution in [1.82, 2.24) is 0 Å². The van der Waals surface area contributed by atoms with Gasteiger partial charge in [-0.3, -0.25) is 0 Å². The summed E-state index contributed by atoms with van der Waals surface area (Å²) in [6, 6.07) is 11.0. The third-order valence-electron chi connectivity index (χ3n) is 5.83. The van der Waals surface area contributed by atoms with Crippen LogP contribution in [-0.2, 0) is 18.4 Å². The minimum atomic E-state index is 0.209. The van der Waals surface area contributed by atoms with Gasteiger partial charge in [0.05, 0.1) is 0 Å². The maximum absolute atomic E-state index is 6.52. The van der Waals surface area contributed by atoms with Crippen LogP contribution < -0.4 is 5.73 Å². The van der Waals surface area contributed by atoms with Gasteiger partial charge >= 0.3 is 0 Å². The Morgan fingerprint density at radius 3 is 2.58 bits per heavy atom. The van der Waals surface area contributed by atoms with Crippen LogP contribution in [0.25, 0.3) is 21.9 Å². The van der Waals surface area contributed by atoms with Crippen molar-refractivity contribution in [1.29, 1.82) is 0 Å². The number of fused-ring (bicyclic) bond motifs is 4. The minimum Gasteiger partial charge on any atom is -0.455 e. The molecular weight excluding hydrogens is 294 g/mol. The number of benzene rings is 2. The molecule has 5 rings (SSSR count). The van der Waals surface area contributed by atoms with Crippen LogP contribution in [0.2, 0.25) is 0 Å². The van der Waals surface area contributed by atoms with Crippen LogP contribution >= 0.6 is 0 Å². The Kier molecular flexibility index (Phi) is 2.82. The first-order valence-electron chi connectivity index (χ1n) is 9.00. The zero-order chi connectivity index (χ0) is 16.5. The molecule has 0 bridgehead atoms. The third kappa shape index (κ3) is 1.75. The summed E-state index contributed by atoms with van der Waals surface area (Å²) in [5, 5.41) is 2.48. The van der Waals surface area contributed by atoms with Gasteiger partial charge in [0.25, 0.3) is 0 Å². The Morgan fingerprint density at radius 1 is 1.12 bits per heavy atom. The Labute approximate surface area is 142 Å². The van der Waals surface area contributed by atoms with Gasteiger partial charge in [0.2, 0.25) is 0 Å². The average molecular weight is 317 g/mol. The van der Waals surface area contributed by atoms with Crippen LogP contribution in [-0.4, -0.2) is 0 Å². The van der Waals surface area contributed by atoms with Crippen LogP contribution in [0.5, 0.6) is 0 Å². The van der Waals surface area contributed by atoms with E-state index in [1.807, 2.05) is 0 Å². The second-order valence-electron chi connectivity index (χ2n) is 7.88. The Balaban J connectivity index is 1.83. The predicted molar refractivity (Wildman–Crippen MR) is 99.1 cm³/mol. The Morgan fingerprint density at radius 2 is 1.96 bits per heavy atom. The molecule has 0 aliphatic heterocycles. The van der Waals surface area contributed by atoms with Gasteiger partial charge in [-0.1, -0.05) is 56.3 Å². The van der Waals surface area contributed by atoms with E-state index < -0.39 is 0 Å². The van der Waals surface area contributed by atoms with Gasteiger partial charge in [0.1, 0.15) is 11.2 Å². The first kappa shape index (κ1) is 14.3. The fourth-order valence-corrected chi connectivity index (χ4v) is 4.52. The van der Waals surface area contributed by atoms with Gasteiger partial charge in [-0.05, 0) is 35.8 Å². The summed E-state index contributed by atoms with van der Waals surface area (Å²) in [6.45, 7) is 5.09. The number of hydrogen-bond acceptors (Lipinski definition) is 2. The highest BCUT2D eigenvalue weighted by Crippen LogP contribution is 2.64. The van der Waals surface area contributed by atoms with E-state index in [0.717, 1.165) is 17.6 Å². The van der Waals surface area contributed by atoms with Gasteiger partial charge < -0.3 is 10.2 Å². The van der Waals surface area contributed by atoms with E-state index in [0.29, 0.717) is 18.4 Å². The monoisotopic (exact) mass is 317 g/mol. The van der Waals surface area contributed by atoms with Crippen LogP contribution in [0.4, 0.5) is 0 Å². The zero-order valence-electron chi connectivity index (χ0n) is 14.3. The number of furan rings is 1. The number of para-hydroxylation sites is 1. The lowest BCUT2D eigenvalue weighted by atomic mass is 9.82. The van der Waals surface area contributed by atoms with Crippen molar-refractivity contribution in [2.24, 2.45) is 17.6 Å². The predicted octanol–water partition coefficient (Wildman–Crippen LogP) is 5.07. The van der Waals surface area contributed by atoms with Crippen molar-refractivity contribution in [3.05, 3.63) is 59.2 Å². The molecule has 2 aromatic carbocycles. The van der Waals surface area contributed by atoms with Gasteiger partial charge in [-0.15, -0.1) is 0 Å². The van der Waals surface area contributed by atoms with Gasteiger partial charge in [-0.2, -0.15) is 0 Å². The highest BCUT2D eigenvalue weighted by atomic mass is 16.3. The van der Waals surface area contributed by atoms with E-state index in [4.69, 9.17) is 10.2 Å². The summed E-state index contributed by atoms with van der Waals surface area (Å²) in [6.07, 6.45) is 6.94. The molecule has 1 heterocycles. The van der Waals surface area contributed by atoms with E-state index in [1.54, 1.807) is 0 Å². The molecule has 1 aromatic heterocycles. The Hall–Kier alpha value is -2.06. The molecule has 2 heteroatoms. The first-order valence-corrected chi connectivity index (χ1v) is 9.00. The number of allylic oxidation sites excluding steroid dienone is 2. The molecule has 3 aromatic rings. The van der Waals surface area contributed by atoms with Gasteiger partial charge in [0, 0.05) is 28.3 Å². The Bertz CT molecular complexity index is 994. The van der Waals surface area contributed by atoms with E-state index in [2.05, 4.69) is 56.3 Å². The molecule has 1 unspecified atom stereocenters. The first-order chi connectivity index (χ1) is 11.6. The summed E-state index contributed by atoms with van der Waals surface area (Å²) in [7, 11) is 0. The molecule has 1 fully saturated rings. The minimum absolute atomic E-state index is 0.209. The second-order valence-corrected chi connectivity index (χ2v) is 7.88. The highest BCUT2D eigenvalue weighted by Gasteiger charge is 2.59. The molecule has 0 spiro atoms. The van der Waals surface area contributed by atoms with Crippen molar-refractivity contribution in [3.63, 3.8) is 0 Å². The molecule has 1 saturated carbocycles. The van der Waals surface area contributed by atoms with E-state index >= 15 is 0 Å². The largest absolute Gasteiger partial charge is 0.455 e. The lowest BCUT2D eigenvalue weighted by Crippen LogP contribution is -2.16. The fourth-order valence-electron chi connectivity index (χ4n) is 4.52. The van der Waals surface area contributed by atoms with Crippen molar-refractivity contribution in [2.45, 2.75) is 38.6 Å².